The van der Waals surface area contributed by atoms with Gasteiger partial charge in [0, 0.05) is 37.9 Å². The van der Waals surface area contributed by atoms with Crippen molar-refractivity contribution >= 4 is 86.7 Å². The Kier molecular flexibility index (Phi) is 27.3. The molecule has 10 atom stereocenters. The van der Waals surface area contributed by atoms with E-state index in [1.54, 1.807) is 13.8 Å². The molecule has 1 aromatic carbocycles. The summed E-state index contributed by atoms with van der Waals surface area (Å²) in [6.45, 7) is 9.54. The van der Waals surface area contributed by atoms with Gasteiger partial charge >= 0.3 is 0 Å². The molecule has 1 aromatic rings. The number of amides is 9. The van der Waals surface area contributed by atoms with Gasteiger partial charge in [0.1, 0.15) is 54.1 Å². The Hall–Kier alpha value is -6.55. The molecule has 1 fully saturated rings. The first-order valence-corrected chi connectivity index (χ1v) is 26.3. The highest BCUT2D eigenvalue weighted by atomic mass is 33.1. The van der Waals surface area contributed by atoms with Gasteiger partial charge in [0.05, 0.1) is 6.10 Å². The lowest BCUT2D eigenvalue weighted by molar-refractivity contribution is -0.137. The number of carbonyl (C=O) groups is 9. The van der Waals surface area contributed by atoms with E-state index in [-0.39, 0.29) is 86.7 Å². The van der Waals surface area contributed by atoms with Gasteiger partial charge in [-0.3, -0.25) is 53.1 Å². The lowest BCUT2D eigenvalue weighted by Gasteiger charge is -2.31. The standard InChI is InChI=1S/C45H75N15O11S2/c1-7-23(4)34-42(70)60-35(24(5)61)43(71)55-29(11-9-17-52-45(49)50)38(66)58-33(21-73-72-20-32(53-25(6)62)40(68)57-31(18-22(2)3)39(67)59-34)41(69)54-28(10-8-16-51-44(47)48)37(65)56-30(36(46)64)19-26-12-14-27(63)15-13-26/h12-15,22-24,28-35,61,63H,7-11,16-21H2,1-6H3,(H2,46,64)(H,53,62)(H,54,69)(H,55,71)(H,56,65)(H,57,68)(H,58,66)(H,59,67)(H,60,70)(H4,47,48,51)(H4,49,50,52)/t23-,24+,28-,29-,30-,31-,32?,33-,34-,35?/m0/s1. The molecular formula is C45H75N15O11S2. The van der Waals surface area contributed by atoms with Crippen molar-refractivity contribution in [3.05, 3.63) is 29.8 Å². The van der Waals surface area contributed by atoms with Gasteiger partial charge in [-0.1, -0.05) is 67.8 Å². The number of carbonyl (C=O) groups excluding carboxylic acids is 9. The molecule has 26 nitrogen and oxygen atoms in total. The van der Waals surface area contributed by atoms with Crippen LogP contribution in [0.1, 0.15) is 85.6 Å². The molecule has 0 bridgehead atoms. The van der Waals surface area contributed by atoms with Gasteiger partial charge < -0.3 is 81.4 Å². The van der Waals surface area contributed by atoms with E-state index < -0.39 is 114 Å². The second kappa shape index (κ2) is 31.8. The quantitative estimate of drug-likeness (QED) is 0.0244. The van der Waals surface area contributed by atoms with Gasteiger partial charge in [-0.25, -0.2) is 0 Å². The minimum atomic E-state index is -1.69. The van der Waals surface area contributed by atoms with Crippen LogP contribution in [0.15, 0.2) is 34.3 Å². The molecule has 1 aliphatic rings. The third-order valence-electron chi connectivity index (χ3n) is 11.3. The lowest BCUT2D eigenvalue weighted by Crippen LogP contribution is -2.63. The number of aliphatic imine (C=N–C) groups is 2. The maximum atomic E-state index is 14.5. The molecule has 0 radical (unpaired) electrons. The number of aromatic hydroxyl groups is 1. The van der Waals surface area contributed by atoms with Crippen molar-refractivity contribution < 1.29 is 53.4 Å². The molecular weight excluding hydrogens is 991 g/mol. The fraction of sp³-hybridized carbons (Fsp3) is 0.622. The molecule has 1 aliphatic heterocycles. The molecule has 1 saturated heterocycles. The number of primary amides is 1. The molecule has 28 heteroatoms. The van der Waals surface area contributed by atoms with Crippen LogP contribution in [0, 0.1) is 11.8 Å². The summed E-state index contributed by atoms with van der Waals surface area (Å²) in [6.07, 6.45) is -1.17. The smallest absolute Gasteiger partial charge is 0.245 e. The molecule has 0 saturated carbocycles. The number of phenolic OH excluding ortho intramolecular Hbond substituents is 1. The van der Waals surface area contributed by atoms with Crippen LogP contribution in [0.3, 0.4) is 0 Å². The van der Waals surface area contributed by atoms with Crippen molar-refractivity contribution in [2.45, 2.75) is 141 Å². The van der Waals surface area contributed by atoms with Crippen LogP contribution in [-0.2, 0) is 49.6 Å². The Morgan fingerprint density at radius 2 is 1.29 bits per heavy atom. The Labute approximate surface area is 432 Å². The maximum Gasteiger partial charge on any atom is 0.245 e. The van der Waals surface area contributed by atoms with Gasteiger partial charge in [0.25, 0.3) is 0 Å². The van der Waals surface area contributed by atoms with Gasteiger partial charge in [-0.05, 0) is 68.6 Å². The molecule has 9 amide bonds. The Morgan fingerprint density at radius 3 is 1.85 bits per heavy atom. The first-order chi connectivity index (χ1) is 34.3. The fourth-order valence-corrected chi connectivity index (χ4v) is 9.46. The zero-order chi connectivity index (χ0) is 54.9. The highest BCUT2D eigenvalue weighted by Crippen LogP contribution is 2.24. The maximum absolute atomic E-state index is 14.5. The molecule has 1 heterocycles. The molecule has 20 N–H and O–H groups in total. The van der Waals surface area contributed by atoms with Gasteiger partial charge in [-0.2, -0.15) is 0 Å². The molecule has 0 spiro atoms. The summed E-state index contributed by atoms with van der Waals surface area (Å²) in [4.78, 5) is 132. The Balaban J connectivity index is 2.73. The fourth-order valence-electron chi connectivity index (χ4n) is 7.14. The van der Waals surface area contributed by atoms with E-state index in [2.05, 4.69) is 52.5 Å². The van der Waals surface area contributed by atoms with E-state index in [0.717, 1.165) is 21.6 Å². The summed E-state index contributed by atoms with van der Waals surface area (Å²) in [5, 5.41) is 41.5. The zero-order valence-electron chi connectivity index (χ0n) is 42.1. The second-order valence-corrected chi connectivity index (χ2v) is 20.6. The normalized spacial score (nSPS) is 22.2. The highest BCUT2D eigenvalue weighted by molar-refractivity contribution is 8.76. The van der Waals surface area contributed by atoms with E-state index in [9.17, 15) is 53.4 Å². The number of hydrogen-bond donors (Lipinski definition) is 15. The first kappa shape index (κ1) is 62.6. The third kappa shape index (κ3) is 23.3. The predicted molar refractivity (Wildman–Crippen MR) is 277 cm³/mol. The largest absolute Gasteiger partial charge is 0.508 e. The minimum absolute atomic E-state index is 0.00176. The van der Waals surface area contributed by atoms with Crippen molar-refractivity contribution in [2.75, 3.05) is 24.6 Å². The van der Waals surface area contributed by atoms with Crippen molar-refractivity contribution in [2.24, 2.45) is 50.5 Å². The van der Waals surface area contributed by atoms with E-state index >= 15 is 0 Å². The summed E-state index contributed by atoms with van der Waals surface area (Å²) < 4.78 is 0. The molecule has 0 aliphatic carbocycles. The average molecular weight is 1070 g/mol. The Morgan fingerprint density at radius 1 is 0.726 bits per heavy atom. The van der Waals surface area contributed by atoms with Crippen LogP contribution in [0.2, 0.25) is 0 Å². The number of rotatable bonds is 21. The van der Waals surface area contributed by atoms with Crippen LogP contribution in [0.25, 0.3) is 0 Å². The predicted octanol–water partition coefficient (Wildman–Crippen LogP) is -3.71. The van der Waals surface area contributed by atoms with E-state index in [1.807, 2.05) is 13.8 Å². The number of nitrogens with one attached hydrogen (secondary N) is 8. The molecule has 408 valence electrons. The van der Waals surface area contributed by atoms with Crippen molar-refractivity contribution in [3.8, 4) is 5.75 Å². The topological polar surface area (TPSA) is 445 Å². The first-order valence-electron chi connectivity index (χ1n) is 23.8. The SMILES string of the molecule is CC[C@H](C)[C@@H]1NC(=O)[C@H](CC(C)C)NC(=O)C(NC(C)=O)CSSC[C@@H](C(=O)N[C@@H](CCCN=C(N)N)C(=O)N[C@@H](Cc2ccc(O)cc2)C(N)=O)NC(=O)[C@H](CCCN=C(N)N)NC(=O)C([C@@H](C)O)NC1=O. The van der Waals surface area contributed by atoms with E-state index in [0.29, 0.717) is 12.0 Å². The van der Waals surface area contributed by atoms with Crippen LogP contribution < -0.4 is 71.2 Å². The van der Waals surface area contributed by atoms with Crippen LogP contribution in [0.4, 0.5) is 0 Å². The number of guanidine groups is 2. The summed E-state index contributed by atoms with van der Waals surface area (Å²) >= 11 is 0. The van der Waals surface area contributed by atoms with Crippen LogP contribution in [0.5, 0.6) is 5.75 Å². The molecule has 2 rings (SSSR count). The average Bonchev–Trinajstić information content (AvgIpc) is 3.30. The number of benzene rings is 1. The van der Waals surface area contributed by atoms with E-state index in [4.69, 9.17) is 28.7 Å². The molecule has 73 heavy (non-hydrogen) atoms. The number of aliphatic hydroxyl groups excluding tert-OH is 1. The summed E-state index contributed by atoms with van der Waals surface area (Å²) in [7, 11) is 2.01. The van der Waals surface area contributed by atoms with Gasteiger partial charge in [0.2, 0.25) is 53.2 Å². The van der Waals surface area contributed by atoms with Crippen molar-refractivity contribution in [1.29, 1.82) is 0 Å². The third-order valence-corrected chi connectivity index (χ3v) is 13.7. The molecule has 0 aromatic heterocycles. The van der Waals surface area contributed by atoms with Crippen molar-refractivity contribution in [1.82, 2.24) is 42.5 Å². The molecule has 2 unspecified atom stereocenters. The van der Waals surface area contributed by atoms with Crippen LogP contribution in [-0.4, -0.2) is 154 Å². The lowest BCUT2D eigenvalue weighted by atomic mass is 9.96. The van der Waals surface area contributed by atoms with Gasteiger partial charge in [-0.15, -0.1) is 0 Å². The number of phenols is 1. The highest BCUT2D eigenvalue weighted by Gasteiger charge is 2.37. The number of aliphatic hydroxyl groups is 1. The van der Waals surface area contributed by atoms with E-state index in [1.165, 1.54) is 38.1 Å². The Bertz CT molecular complexity index is 2110. The van der Waals surface area contributed by atoms with Crippen LogP contribution >= 0.6 is 21.6 Å². The van der Waals surface area contributed by atoms with Crippen molar-refractivity contribution in [3.63, 3.8) is 0 Å². The monoisotopic (exact) mass is 1070 g/mol. The number of nitrogens with zero attached hydrogens (tertiary/aromatic N) is 2. The zero-order valence-corrected chi connectivity index (χ0v) is 43.7. The van der Waals surface area contributed by atoms with Gasteiger partial charge in [0.15, 0.2) is 11.9 Å². The summed E-state index contributed by atoms with van der Waals surface area (Å²) in [6, 6.07) is -5.23. The summed E-state index contributed by atoms with van der Waals surface area (Å²) in [5.74, 6) is -9.10. The minimum Gasteiger partial charge on any atom is -0.508 e. The number of hydrogen-bond acceptors (Lipinski definition) is 15. The summed E-state index contributed by atoms with van der Waals surface area (Å²) in [5.41, 5.74) is 28.2. The second-order valence-electron chi connectivity index (χ2n) is 18.0. The number of nitrogens with two attached hydrogens (primary N) is 5.